The van der Waals surface area contributed by atoms with Gasteiger partial charge in [-0.25, -0.2) is 0 Å². The van der Waals surface area contributed by atoms with Gasteiger partial charge < -0.3 is 10.0 Å². The first kappa shape index (κ1) is 12.6. The molecule has 1 aromatic rings. The third kappa shape index (κ3) is 3.07. The number of hydrogen-bond donors (Lipinski definition) is 1. The first-order chi connectivity index (χ1) is 8.06. The van der Waals surface area contributed by atoms with Crippen LogP contribution >= 0.6 is 15.9 Å². The molecule has 2 rings (SSSR count). The number of benzene rings is 1. The largest absolute Gasteiger partial charge is 0.389 e. The maximum atomic E-state index is 11.9. The second kappa shape index (κ2) is 5.19. The van der Waals surface area contributed by atoms with Gasteiger partial charge in [0.1, 0.15) is 0 Å². The van der Waals surface area contributed by atoms with Gasteiger partial charge in [-0.15, -0.1) is 0 Å². The quantitative estimate of drug-likeness (QED) is 0.925. The number of nitrogens with zero attached hydrogens (tertiary/aromatic N) is 1. The van der Waals surface area contributed by atoms with E-state index in [1.807, 2.05) is 31.2 Å². The van der Waals surface area contributed by atoms with Gasteiger partial charge in [0.15, 0.2) is 0 Å². The highest BCUT2D eigenvalue weighted by Gasteiger charge is 2.31. The number of halogens is 1. The van der Waals surface area contributed by atoms with Gasteiger partial charge in [-0.3, -0.25) is 4.79 Å². The minimum atomic E-state index is -0.321. The molecule has 1 aliphatic heterocycles. The molecule has 92 valence electrons. The summed E-state index contributed by atoms with van der Waals surface area (Å²) < 4.78 is 1.05. The molecule has 1 N–H and O–H groups in total. The number of rotatable bonds is 3. The zero-order chi connectivity index (χ0) is 12.4. The lowest BCUT2D eigenvalue weighted by Crippen LogP contribution is -2.55. The van der Waals surface area contributed by atoms with E-state index in [9.17, 15) is 9.90 Å². The number of carbonyl (C=O) groups excluding carboxylic acids is 1. The third-order valence-electron chi connectivity index (χ3n) is 3.05. The van der Waals surface area contributed by atoms with Crippen LogP contribution in [0.15, 0.2) is 28.7 Å². The normalized spacial score (nSPS) is 17.7. The topological polar surface area (TPSA) is 40.5 Å². The predicted octanol–water partition coefficient (Wildman–Crippen LogP) is 1.83. The van der Waals surface area contributed by atoms with Crippen molar-refractivity contribution in [3.63, 3.8) is 0 Å². The number of aliphatic hydroxyl groups is 1. The lowest BCUT2D eigenvalue weighted by molar-refractivity contribution is -0.145. The summed E-state index contributed by atoms with van der Waals surface area (Å²) in [5.74, 6) is 0.113. The molecule has 1 fully saturated rings. The fraction of sp³-hybridized carbons (Fsp3) is 0.462. The van der Waals surface area contributed by atoms with Crippen LogP contribution in [-0.4, -0.2) is 35.1 Å². The van der Waals surface area contributed by atoms with Gasteiger partial charge in [0.25, 0.3) is 0 Å². The number of aliphatic hydroxyl groups excluding tert-OH is 1. The van der Waals surface area contributed by atoms with E-state index in [4.69, 9.17) is 0 Å². The predicted molar refractivity (Wildman–Crippen MR) is 69.6 cm³/mol. The molecule has 4 heteroatoms. The standard InChI is InChI=1S/C13H16BrNO2/c1-9(13(17)15-7-12(16)8-15)6-10-2-4-11(14)5-3-10/h2-5,9,12,16H,6-8H2,1H3. The molecule has 1 amide bonds. The Labute approximate surface area is 110 Å². The summed E-state index contributed by atoms with van der Waals surface area (Å²) >= 11 is 3.39. The zero-order valence-corrected chi connectivity index (χ0v) is 11.4. The fourth-order valence-corrected chi connectivity index (χ4v) is 2.27. The Hall–Kier alpha value is -0.870. The van der Waals surface area contributed by atoms with Gasteiger partial charge in [-0.05, 0) is 24.1 Å². The van der Waals surface area contributed by atoms with Crippen LogP contribution in [0.1, 0.15) is 12.5 Å². The van der Waals surface area contributed by atoms with Crippen molar-refractivity contribution in [3.8, 4) is 0 Å². The van der Waals surface area contributed by atoms with E-state index in [-0.39, 0.29) is 17.9 Å². The van der Waals surface area contributed by atoms with Gasteiger partial charge in [0.2, 0.25) is 5.91 Å². The first-order valence-electron chi connectivity index (χ1n) is 5.77. The van der Waals surface area contributed by atoms with E-state index in [0.717, 1.165) is 16.5 Å². The lowest BCUT2D eigenvalue weighted by Gasteiger charge is -2.37. The highest BCUT2D eigenvalue weighted by atomic mass is 79.9. The molecular weight excluding hydrogens is 282 g/mol. The van der Waals surface area contributed by atoms with Crippen LogP contribution in [-0.2, 0) is 11.2 Å². The van der Waals surface area contributed by atoms with Crippen molar-refractivity contribution >= 4 is 21.8 Å². The molecule has 0 aromatic heterocycles. The summed E-state index contributed by atoms with van der Waals surface area (Å²) in [6.45, 7) is 2.92. The third-order valence-corrected chi connectivity index (χ3v) is 3.58. The van der Waals surface area contributed by atoms with Crippen molar-refractivity contribution in [1.29, 1.82) is 0 Å². The van der Waals surface area contributed by atoms with Crippen molar-refractivity contribution in [3.05, 3.63) is 34.3 Å². The fourth-order valence-electron chi connectivity index (χ4n) is 2.01. The average Bonchev–Trinajstić information content (AvgIpc) is 2.27. The Morgan fingerprint density at radius 1 is 1.47 bits per heavy atom. The Balaban J connectivity index is 1.90. The van der Waals surface area contributed by atoms with Gasteiger partial charge in [0.05, 0.1) is 6.10 Å². The Morgan fingerprint density at radius 3 is 2.59 bits per heavy atom. The Kier molecular flexibility index (Phi) is 3.84. The molecule has 1 heterocycles. The molecule has 0 radical (unpaired) electrons. The SMILES string of the molecule is CC(Cc1ccc(Br)cc1)C(=O)N1CC(O)C1. The second-order valence-corrected chi connectivity index (χ2v) is 5.54. The lowest BCUT2D eigenvalue weighted by atomic mass is 9.98. The van der Waals surface area contributed by atoms with Crippen LogP contribution in [0.5, 0.6) is 0 Å². The van der Waals surface area contributed by atoms with E-state index in [2.05, 4.69) is 15.9 Å². The summed E-state index contributed by atoms with van der Waals surface area (Å²) in [6.07, 6.45) is 0.428. The van der Waals surface area contributed by atoms with Crippen LogP contribution in [0.4, 0.5) is 0 Å². The minimum Gasteiger partial charge on any atom is -0.389 e. The molecule has 1 atom stereocenters. The van der Waals surface area contributed by atoms with Gasteiger partial charge in [0, 0.05) is 23.5 Å². The van der Waals surface area contributed by atoms with Crippen LogP contribution in [0.25, 0.3) is 0 Å². The highest BCUT2D eigenvalue weighted by Crippen LogP contribution is 2.17. The first-order valence-corrected chi connectivity index (χ1v) is 6.57. The molecule has 0 saturated carbocycles. The van der Waals surface area contributed by atoms with Crippen molar-refractivity contribution < 1.29 is 9.90 Å². The van der Waals surface area contributed by atoms with E-state index in [1.54, 1.807) is 4.90 Å². The molecule has 0 bridgehead atoms. The maximum absolute atomic E-state index is 11.9. The monoisotopic (exact) mass is 297 g/mol. The van der Waals surface area contributed by atoms with Crippen molar-refractivity contribution in [1.82, 2.24) is 4.90 Å². The van der Waals surface area contributed by atoms with Crippen molar-refractivity contribution in [2.75, 3.05) is 13.1 Å². The molecule has 0 aliphatic carbocycles. The Bertz CT molecular complexity index is 398. The summed E-state index contributed by atoms with van der Waals surface area (Å²) in [4.78, 5) is 13.7. The zero-order valence-electron chi connectivity index (χ0n) is 9.77. The molecule has 1 aliphatic rings. The minimum absolute atomic E-state index is 0.0244. The van der Waals surface area contributed by atoms with Crippen molar-refractivity contribution in [2.24, 2.45) is 5.92 Å². The molecule has 17 heavy (non-hydrogen) atoms. The van der Waals surface area contributed by atoms with Gasteiger partial charge in [-0.1, -0.05) is 35.0 Å². The maximum Gasteiger partial charge on any atom is 0.225 e. The molecular formula is C13H16BrNO2. The van der Waals surface area contributed by atoms with Crippen LogP contribution in [0, 0.1) is 5.92 Å². The number of carbonyl (C=O) groups is 1. The summed E-state index contributed by atoms with van der Waals surface area (Å²) in [5, 5.41) is 9.17. The average molecular weight is 298 g/mol. The highest BCUT2D eigenvalue weighted by molar-refractivity contribution is 9.10. The van der Waals surface area contributed by atoms with Crippen LogP contribution in [0.3, 0.4) is 0 Å². The second-order valence-electron chi connectivity index (χ2n) is 4.63. The molecule has 1 saturated heterocycles. The van der Waals surface area contributed by atoms with Crippen LogP contribution in [0.2, 0.25) is 0 Å². The molecule has 1 unspecified atom stereocenters. The van der Waals surface area contributed by atoms with E-state index >= 15 is 0 Å². The van der Waals surface area contributed by atoms with Gasteiger partial charge in [-0.2, -0.15) is 0 Å². The van der Waals surface area contributed by atoms with Gasteiger partial charge >= 0.3 is 0 Å². The Morgan fingerprint density at radius 2 is 2.06 bits per heavy atom. The molecule has 3 nitrogen and oxygen atoms in total. The number of likely N-dealkylation sites (tertiary alicyclic amines) is 1. The number of amides is 1. The van der Waals surface area contributed by atoms with E-state index < -0.39 is 0 Å². The molecule has 0 spiro atoms. The number of hydrogen-bond acceptors (Lipinski definition) is 2. The van der Waals surface area contributed by atoms with E-state index in [0.29, 0.717) is 13.1 Å². The summed E-state index contributed by atoms with van der Waals surface area (Å²) in [6, 6.07) is 8.03. The van der Waals surface area contributed by atoms with Crippen LogP contribution < -0.4 is 0 Å². The van der Waals surface area contributed by atoms with Crippen molar-refractivity contribution in [2.45, 2.75) is 19.4 Å². The summed E-state index contributed by atoms with van der Waals surface area (Å²) in [7, 11) is 0. The number of β-amino-alcohol motifs (C(OH)–C–C–N with tert-alkyl or cyclic N) is 1. The van der Waals surface area contributed by atoms with E-state index in [1.165, 1.54) is 0 Å². The summed E-state index contributed by atoms with van der Waals surface area (Å²) in [5.41, 5.74) is 1.16. The molecule has 1 aromatic carbocycles. The smallest absolute Gasteiger partial charge is 0.225 e.